The molecular formula is C26H24N2O2. The van der Waals surface area contributed by atoms with Crippen molar-refractivity contribution in [3.8, 4) is 5.75 Å². The molecule has 0 heterocycles. The molecule has 1 amide bonds. The van der Waals surface area contributed by atoms with Gasteiger partial charge in [0.15, 0.2) is 6.61 Å². The van der Waals surface area contributed by atoms with Gasteiger partial charge in [-0.2, -0.15) is 5.10 Å². The van der Waals surface area contributed by atoms with Crippen LogP contribution in [0.4, 0.5) is 0 Å². The van der Waals surface area contributed by atoms with Gasteiger partial charge in [-0.3, -0.25) is 4.79 Å². The molecule has 0 fully saturated rings. The molecule has 150 valence electrons. The molecule has 4 heteroatoms. The van der Waals surface area contributed by atoms with Crippen molar-refractivity contribution in [2.75, 3.05) is 6.61 Å². The summed E-state index contributed by atoms with van der Waals surface area (Å²) in [4.78, 5) is 12.2. The van der Waals surface area contributed by atoms with Crippen LogP contribution < -0.4 is 10.2 Å². The van der Waals surface area contributed by atoms with Crippen LogP contribution in [0, 0.1) is 6.92 Å². The predicted molar refractivity (Wildman–Crippen MR) is 123 cm³/mol. The zero-order valence-corrected chi connectivity index (χ0v) is 16.9. The lowest BCUT2D eigenvalue weighted by atomic mass is 10.1. The van der Waals surface area contributed by atoms with E-state index < -0.39 is 0 Å². The molecule has 0 aliphatic rings. The van der Waals surface area contributed by atoms with Crippen molar-refractivity contribution < 1.29 is 9.53 Å². The molecule has 3 rings (SSSR count). The van der Waals surface area contributed by atoms with Crippen LogP contribution in [0.5, 0.6) is 5.75 Å². The standard InChI is InChI=1S/C26H24N2O2/c1-21-9-8-14-25(19-21)30-20-26(29)28-27-24(17-15-22-10-4-2-5-11-22)18-16-23-12-6-3-7-13-23/h2-19H,20H2,1H3,(H,28,29). The number of hydrogen-bond acceptors (Lipinski definition) is 3. The SMILES string of the molecule is Cc1cccc(OCC(=O)NN=C(C=Cc2ccccc2)C=Cc2ccccc2)c1. The van der Waals surface area contributed by atoms with Crippen molar-refractivity contribution in [2.45, 2.75) is 6.92 Å². The maximum atomic E-state index is 12.2. The number of ether oxygens (including phenoxy) is 1. The number of benzene rings is 3. The topological polar surface area (TPSA) is 50.7 Å². The van der Waals surface area contributed by atoms with Gasteiger partial charge in [-0.25, -0.2) is 5.43 Å². The summed E-state index contributed by atoms with van der Waals surface area (Å²) in [6.07, 6.45) is 7.61. The summed E-state index contributed by atoms with van der Waals surface area (Å²) in [5.74, 6) is 0.331. The van der Waals surface area contributed by atoms with E-state index >= 15 is 0 Å². The maximum absolute atomic E-state index is 12.2. The average molecular weight is 396 g/mol. The van der Waals surface area contributed by atoms with E-state index in [9.17, 15) is 4.79 Å². The molecule has 4 nitrogen and oxygen atoms in total. The Bertz CT molecular complexity index is 987. The fourth-order valence-corrected chi connectivity index (χ4v) is 2.63. The van der Waals surface area contributed by atoms with Crippen molar-refractivity contribution in [1.82, 2.24) is 5.43 Å². The normalized spacial score (nSPS) is 10.8. The minimum Gasteiger partial charge on any atom is -0.484 e. The van der Waals surface area contributed by atoms with Gasteiger partial charge in [0.05, 0.1) is 5.71 Å². The predicted octanol–water partition coefficient (Wildman–Crippen LogP) is 5.27. The number of nitrogens with one attached hydrogen (secondary N) is 1. The quantitative estimate of drug-likeness (QED) is 0.416. The highest BCUT2D eigenvalue weighted by Crippen LogP contribution is 2.12. The van der Waals surface area contributed by atoms with Crippen LogP contribution in [0.2, 0.25) is 0 Å². The molecule has 0 aromatic heterocycles. The third kappa shape index (κ3) is 7.24. The van der Waals surface area contributed by atoms with Gasteiger partial charge < -0.3 is 4.74 Å². The lowest BCUT2D eigenvalue weighted by molar-refractivity contribution is -0.123. The van der Waals surface area contributed by atoms with Crippen molar-refractivity contribution in [1.29, 1.82) is 0 Å². The number of amides is 1. The van der Waals surface area contributed by atoms with E-state index in [0.29, 0.717) is 11.5 Å². The fraction of sp³-hybridized carbons (Fsp3) is 0.0769. The molecule has 3 aromatic carbocycles. The van der Waals surface area contributed by atoms with Crippen molar-refractivity contribution >= 4 is 23.8 Å². The Labute approximate surface area is 177 Å². The minimum atomic E-state index is -0.324. The van der Waals surface area contributed by atoms with Gasteiger partial charge in [-0.15, -0.1) is 0 Å². The molecule has 0 aliphatic heterocycles. The van der Waals surface area contributed by atoms with Gasteiger partial charge in [-0.1, -0.05) is 84.9 Å². The molecule has 0 aliphatic carbocycles. The summed E-state index contributed by atoms with van der Waals surface area (Å²) in [7, 11) is 0. The molecule has 30 heavy (non-hydrogen) atoms. The smallest absolute Gasteiger partial charge is 0.277 e. The zero-order chi connectivity index (χ0) is 21.0. The number of aryl methyl sites for hydroxylation is 1. The van der Waals surface area contributed by atoms with E-state index in [1.165, 1.54) is 0 Å². The number of carbonyl (C=O) groups is 1. The van der Waals surface area contributed by atoms with E-state index in [-0.39, 0.29) is 12.5 Å². The summed E-state index contributed by atoms with van der Waals surface area (Å²) >= 11 is 0. The van der Waals surface area contributed by atoms with E-state index in [1.54, 1.807) is 0 Å². The molecule has 0 radical (unpaired) electrons. The van der Waals surface area contributed by atoms with Gasteiger partial charge in [-0.05, 0) is 47.9 Å². The number of hydrogen-bond donors (Lipinski definition) is 1. The number of rotatable bonds is 8. The number of hydrazone groups is 1. The molecule has 0 saturated heterocycles. The van der Waals surface area contributed by atoms with Gasteiger partial charge >= 0.3 is 0 Å². The largest absolute Gasteiger partial charge is 0.484 e. The second-order valence-corrected chi connectivity index (χ2v) is 6.66. The third-order valence-electron chi connectivity index (χ3n) is 4.16. The van der Waals surface area contributed by atoms with Crippen LogP contribution in [0.25, 0.3) is 12.2 Å². The van der Waals surface area contributed by atoms with E-state index in [0.717, 1.165) is 16.7 Å². The Hall–Kier alpha value is -3.92. The third-order valence-corrected chi connectivity index (χ3v) is 4.16. The molecule has 0 saturated carbocycles. The first-order valence-corrected chi connectivity index (χ1v) is 9.71. The first-order valence-electron chi connectivity index (χ1n) is 9.71. The van der Waals surface area contributed by atoms with Gasteiger partial charge in [0.25, 0.3) is 5.91 Å². The first-order chi connectivity index (χ1) is 14.7. The van der Waals surface area contributed by atoms with Crippen molar-refractivity contribution in [3.05, 3.63) is 114 Å². The highest BCUT2D eigenvalue weighted by atomic mass is 16.5. The van der Waals surface area contributed by atoms with Crippen LogP contribution in [-0.4, -0.2) is 18.2 Å². The average Bonchev–Trinajstić information content (AvgIpc) is 2.78. The Balaban J connectivity index is 1.66. The molecular weight excluding hydrogens is 372 g/mol. The van der Waals surface area contributed by atoms with Gasteiger partial charge in [0.2, 0.25) is 0 Å². The van der Waals surface area contributed by atoms with Gasteiger partial charge in [0.1, 0.15) is 5.75 Å². The van der Waals surface area contributed by atoms with Crippen LogP contribution in [0.3, 0.4) is 0 Å². The molecule has 0 unspecified atom stereocenters. The highest BCUT2D eigenvalue weighted by Gasteiger charge is 2.02. The summed E-state index contributed by atoms with van der Waals surface area (Å²) < 4.78 is 5.52. The minimum absolute atomic E-state index is 0.106. The summed E-state index contributed by atoms with van der Waals surface area (Å²) in [5, 5.41) is 4.25. The summed E-state index contributed by atoms with van der Waals surface area (Å²) in [6, 6.07) is 27.4. The Kier molecular flexibility index (Phi) is 7.75. The van der Waals surface area contributed by atoms with Crippen LogP contribution >= 0.6 is 0 Å². The number of carbonyl (C=O) groups excluding carboxylic acids is 1. The monoisotopic (exact) mass is 396 g/mol. The molecule has 0 bridgehead atoms. The Morgan fingerprint density at radius 2 is 1.47 bits per heavy atom. The van der Waals surface area contributed by atoms with E-state index in [1.807, 2.05) is 116 Å². The highest BCUT2D eigenvalue weighted by molar-refractivity contribution is 6.08. The number of allylic oxidation sites excluding steroid dienone is 2. The Morgan fingerprint density at radius 1 is 0.867 bits per heavy atom. The van der Waals surface area contributed by atoms with Crippen LogP contribution in [0.15, 0.2) is 102 Å². The second kappa shape index (κ2) is 11.2. The van der Waals surface area contributed by atoms with Crippen molar-refractivity contribution in [2.24, 2.45) is 5.10 Å². The molecule has 3 aromatic rings. The first kappa shape index (κ1) is 20.8. The molecule has 1 N–H and O–H groups in total. The van der Waals surface area contributed by atoms with Crippen LogP contribution in [0.1, 0.15) is 16.7 Å². The Morgan fingerprint density at radius 3 is 2.03 bits per heavy atom. The lowest BCUT2D eigenvalue weighted by Crippen LogP contribution is -2.25. The van der Waals surface area contributed by atoms with E-state index in [2.05, 4.69) is 10.5 Å². The van der Waals surface area contributed by atoms with Gasteiger partial charge in [0, 0.05) is 0 Å². The van der Waals surface area contributed by atoms with Crippen molar-refractivity contribution in [3.63, 3.8) is 0 Å². The molecule has 0 spiro atoms. The van der Waals surface area contributed by atoms with E-state index in [4.69, 9.17) is 4.74 Å². The summed E-state index contributed by atoms with van der Waals surface area (Å²) in [5.41, 5.74) is 6.35. The second-order valence-electron chi connectivity index (χ2n) is 6.66. The maximum Gasteiger partial charge on any atom is 0.277 e. The zero-order valence-electron chi connectivity index (χ0n) is 16.9. The summed E-state index contributed by atoms with van der Waals surface area (Å²) in [6.45, 7) is 1.87. The van der Waals surface area contributed by atoms with Crippen LogP contribution in [-0.2, 0) is 4.79 Å². The molecule has 0 atom stereocenters. The lowest BCUT2D eigenvalue weighted by Gasteiger charge is -2.06. The fourth-order valence-electron chi connectivity index (χ4n) is 2.63. The number of nitrogens with zero attached hydrogens (tertiary/aromatic N) is 1.